The van der Waals surface area contributed by atoms with Crippen molar-refractivity contribution in [1.82, 2.24) is 15.3 Å². The van der Waals surface area contributed by atoms with Crippen molar-refractivity contribution < 1.29 is 13.6 Å². The number of carbonyl (C=O) groups is 1. The second-order valence-corrected chi connectivity index (χ2v) is 9.79. The number of amides is 1. The summed E-state index contributed by atoms with van der Waals surface area (Å²) >= 11 is 0. The lowest BCUT2D eigenvalue weighted by Crippen LogP contribution is -2.30. The third-order valence-corrected chi connectivity index (χ3v) is 7.05. The van der Waals surface area contributed by atoms with Gasteiger partial charge in [0.05, 0.1) is 10.9 Å². The number of H-pyrrole nitrogens is 1. The van der Waals surface area contributed by atoms with Gasteiger partial charge in [-0.2, -0.15) is 0 Å². The summed E-state index contributed by atoms with van der Waals surface area (Å²) in [7, 11) is 1.50. The monoisotopic (exact) mass is 417 g/mol. The Hall–Kier alpha value is -2.31. The first-order chi connectivity index (χ1) is 14.1. The zero-order chi connectivity index (χ0) is 21.7. The predicted molar refractivity (Wildman–Crippen MR) is 112 cm³/mol. The van der Waals surface area contributed by atoms with Crippen LogP contribution in [0.15, 0.2) is 23.1 Å². The fourth-order valence-electron chi connectivity index (χ4n) is 5.65. The molecule has 5 nitrogen and oxygen atoms in total. The summed E-state index contributed by atoms with van der Waals surface area (Å²) < 4.78 is 27.4. The van der Waals surface area contributed by atoms with Gasteiger partial charge in [-0.15, -0.1) is 0 Å². The van der Waals surface area contributed by atoms with E-state index in [-0.39, 0.29) is 52.5 Å². The Labute approximate surface area is 174 Å². The minimum atomic E-state index is -2.54. The molecular formula is C23H29F2N3O2. The second-order valence-electron chi connectivity index (χ2n) is 9.79. The molecule has 2 aliphatic rings. The number of nitrogens with zero attached hydrogens (tertiary/aromatic N) is 1. The minimum Gasteiger partial charge on any atom is -0.358 e. The summed E-state index contributed by atoms with van der Waals surface area (Å²) in [5, 5.41) is 2.81. The van der Waals surface area contributed by atoms with E-state index in [1.54, 1.807) is 12.1 Å². The van der Waals surface area contributed by atoms with Gasteiger partial charge in [-0.25, -0.2) is 8.78 Å². The summed E-state index contributed by atoms with van der Waals surface area (Å²) in [6.45, 7) is 4.42. The molecule has 2 aromatic rings. The molecule has 2 heterocycles. The Balaban J connectivity index is 1.72. The van der Waals surface area contributed by atoms with E-state index in [4.69, 9.17) is 0 Å². The molecule has 162 valence electrons. The highest BCUT2D eigenvalue weighted by molar-refractivity contribution is 6.04. The van der Waals surface area contributed by atoms with Gasteiger partial charge < -0.3 is 10.3 Å². The molecule has 2 aromatic heterocycles. The Morgan fingerprint density at radius 2 is 1.93 bits per heavy atom. The molecule has 2 aliphatic carbocycles. The van der Waals surface area contributed by atoms with Crippen LogP contribution in [0.3, 0.4) is 0 Å². The van der Waals surface area contributed by atoms with Gasteiger partial charge in [-0.3, -0.25) is 14.6 Å². The van der Waals surface area contributed by atoms with Gasteiger partial charge in [-0.05, 0) is 49.0 Å². The first-order valence-corrected chi connectivity index (χ1v) is 10.7. The maximum Gasteiger partial charge on any atom is 0.270 e. The van der Waals surface area contributed by atoms with Crippen LogP contribution in [0.4, 0.5) is 8.78 Å². The third kappa shape index (κ3) is 3.86. The number of hydrogen-bond acceptors (Lipinski definition) is 3. The van der Waals surface area contributed by atoms with Crippen molar-refractivity contribution in [3.8, 4) is 0 Å². The lowest BCUT2D eigenvalue weighted by Gasteiger charge is -2.35. The Kier molecular flexibility index (Phi) is 5.19. The van der Waals surface area contributed by atoms with Crippen LogP contribution in [0, 0.1) is 17.3 Å². The summed E-state index contributed by atoms with van der Waals surface area (Å²) in [5.41, 5.74) is 1.40. The lowest BCUT2D eigenvalue weighted by atomic mass is 9.73. The summed E-state index contributed by atoms with van der Waals surface area (Å²) in [6.07, 6.45) is 4.37. The SMILES string of the molecule is CNC(=O)c1nccc2[nH]c([C@@H]3CC(C)(C)C[C@H]3C3CCC(F)(F)CC3)cc(=O)c12. The molecule has 30 heavy (non-hydrogen) atoms. The molecule has 7 heteroatoms. The van der Waals surface area contributed by atoms with E-state index < -0.39 is 11.8 Å². The van der Waals surface area contributed by atoms with E-state index in [0.717, 1.165) is 18.5 Å². The number of halogens is 2. The molecule has 0 unspecified atom stereocenters. The van der Waals surface area contributed by atoms with E-state index in [1.165, 1.54) is 13.2 Å². The highest BCUT2D eigenvalue weighted by atomic mass is 19.3. The number of alkyl halides is 2. The Bertz CT molecular complexity index is 1020. The number of aromatic nitrogens is 2. The van der Waals surface area contributed by atoms with Crippen molar-refractivity contribution >= 4 is 16.8 Å². The summed E-state index contributed by atoms with van der Waals surface area (Å²) in [5.74, 6) is -2.31. The van der Waals surface area contributed by atoms with Crippen molar-refractivity contribution in [1.29, 1.82) is 0 Å². The molecule has 2 fully saturated rings. The standard InChI is InChI=1S/C23H29F2N3O2/c1-22(2)11-14(13-4-7-23(24,25)8-5-13)15(12-22)17-10-18(29)19-16(28-17)6-9-27-20(19)21(30)26-3/h6,9-10,13-15H,4-5,7-8,11-12H2,1-3H3,(H,26,30)(H,28,29)/t14-,15+/m0/s1. The number of aromatic amines is 1. The molecule has 1 amide bonds. The number of rotatable bonds is 3. The molecule has 0 radical (unpaired) electrons. The minimum absolute atomic E-state index is 0.0449. The predicted octanol–water partition coefficient (Wildman–Crippen LogP) is 4.63. The molecular weight excluding hydrogens is 388 g/mol. The van der Waals surface area contributed by atoms with Gasteiger partial charge in [-0.1, -0.05) is 13.8 Å². The van der Waals surface area contributed by atoms with Gasteiger partial charge in [0.25, 0.3) is 5.91 Å². The largest absolute Gasteiger partial charge is 0.358 e. The fourth-order valence-corrected chi connectivity index (χ4v) is 5.65. The molecule has 0 aromatic carbocycles. The highest BCUT2D eigenvalue weighted by Crippen LogP contribution is 2.55. The van der Waals surface area contributed by atoms with Crippen molar-refractivity contribution in [3.63, 3.8) is 0 Å². The van der Waals surface area contributed by atoms with E-state index in [9.17, 15) is 18.4 Å². The van der Waals surface area contributed by atoms with Gasteiger partial charge >= 0.3 is 0 Å². The van der Waals surface area contributed by atoms with Crippen LogP contribution in [-0.4, -0.2) is 28.8 Å². The molecule has 0 aliphatic heterocycles. The van der Waals surface area contributed by atoms with E-state index in [0.29, 0.717) is 18.4 Å². The van der Waals surface area contributed by atoms with E-state index in [1.807, 2.05) is 0 Å². The summed E-state index contributed by atoms with van der Waals surface area (Å²) in [4.78, 5) is 32.6. The van der Waals surface area contributed by atoms with Crippen molar-refractivity contribution in [3.05, 3.63) is 39.9 Å². The second kappa shape index (κ2) is 7.43. The number of carbonyl (C=O) groups excluding carboxylic acids is 1. The third-order valence-electron chi connectivity index (χ3n) is 7.05. The fraction of sp³-hybridized carbons (Fsp3) is 0.609. The molecule has 0 saturated heterocycles. The molecule has 0 bridgehead atoms. The number of nitrogens with one attached hydrogen (secondary N) is 2. The van der Waals surface area contributed by atoms with Crippen LogP contribution in [0.1, 0.15) is 74.5 Å². The zero-order valence-electron chi connectivity index (χ0n) is 17.7. The van der Waals surface area contributed by atoms with Gasteiger partial charge in [0, 0.05) is 43.8 Å². The molecule has 2 atom stereocenters. The van der Waals surface area contributed by atoms with Crippen molar-refractivity contribution in [2.45, 2.75) is 64.2 Å². The van der Waals surface area contributed by atoms with Crippen molar-refractivity contribution in [2.24, 2.45) is 17.3 Å². The van der Waals surface area contributed by atoms with Crippen LogP contribution >= 0.6 is 0 Å². The Morgan fingerprint density at radius 3 is 2.60 bits per heavy atom. The van der Waals surface area contributed by atoms with Crippen LogP contribution in [0.2, 0.25) is 0 Å². The Morgan fingerprint density at radius 1 is 1.23 bits per heavy atom. The maximum absolute atomic E-state index is 13.7. The lowest BCUT2D eigenvalue weighted by molar-refractivity contribution is -0.0532. The van der Waals surface area contributed by atoms with Crippen LogP contribution in [0.5, 0.6) is 0 Å². The normalized spacial score (nSPS) is 26.0. The molecule has 0 spiro atoms. The van der Waals surface area contributed by atoms with Crippen molar-refractivity contribution in [2.75, 3.05) is 7.05 Å². The number of pyridine rings is 2. The quantitative estimate of drug-likeness (QED) is 0.765. The van der Waals surface area contributed by atoms with Crippen LogP contribution in [-0.2, 0) is 0 Å². The number of hydrogen-bond donors (Lipinski definition) is 2. The maximum atomic E-state index is 13.7. The molecule has 2 N–H and O–H groups in total. The van der Waals surface area contributed by atoms with E-state index in [2.05, 4.69) is 29.1 Å². The smallest absolute Gasteiger partial charge is 0.270 e. The average Bonchev–Trinajstić information content (AvgIpc) is 3.02. The zero-order valence-corrected chi connectivity index (χ0v) is 17.7. The summed E-state index contributed by atoms with van der Waals surface area (Å²) in [6, 6.07) is 3.30. The molecule has 4 rings (SSSR count). The average molecular weight is 418 g/mol. The highest BCUT2D eigenvalue weighted by Gasteiger charge is 2.46. The topological polar surface area (TPSA) is 74.8 Å². The van der Waals surface area contributed by atoms with Crippen LogP contribution in [0.25, 0.3) is 10.9 Å². The first-order valence-electron chi connectivity index (χ1n) is 10.7. The van der Waals surface area contributed by atoms with Crippen LogP contribution < -0.4 is 10.7 Å². The van der Waals surface area contributed by atoms with Gasteiger partial charge in [0.2, 0.25) is 5.92 Å². The van der Waals surface area contributed by atoms with Gasteiger partial charge in [0.1, 0.15) is 5.69 Å². The molecule has 2 saturated carbocycles. The van der Waals surface area contributed by atoms with E-state index >= 15 is 0 Å². The van der Waals surface area contributed by atoms with Gasteiger partial charge in [0.15, 0.2) is 5.43 Å². The number of fused-ring (bicyclic) bond motifs is 1. The first kappa shape index (κ1) is 20.9.